The molecule has 4 aliphatic rings. The fourth-order valence-electron chi connectivity index (χ4n) is 5.29. The van der Waals surface area contributed by atoms with Crippen LogP contribution in [-0.2, 0) is 28.7 Å². The minimum atomic E-state index is -6.64. The van der Waals surface area contributed by atoms with Gasteiger partial charge in [0, 0.05) is 0 Å². The molecule has 8 nitrogen and oxygen atoms in total. The zero-order chi connectivity index (χ0) is 24.3. The Kier molecular flexibility index (Phi) is 5.66. The van der Waals surface area contributed by atoms with E-state index in [2.05, 4.69) is 4.74 Å². The van der Waals surface area contributed by atoms with E-state index in [1.165, 1.54) is 0 Å². The highest BCUT2D eigenvalue weighted by Crippen LogP contribution is 2.60. The van der Waals surface area contributed by atoms with Crippen LogP contribution in [-0.4, -0.2) is 64.6 Å². The molecule has 0 amide bonds. The smallest absolute Gasteiger partial charge is 0.411 e. The van der Waals surface area contributed by atoms with Crippen molar-refractivity contribution < 1.29 is 65.2 Å². The van der Waals surface area contributed by atoms with Crippen molar-refractivity contribution in [1.29, 1.82) is 0 Å². The fraction of sp³-hybridized carbons (Fsp3) is 0.778. The molecule has 0 aromatic carbocycles. The summed E-state index contributed by atoms with van der Waals surface area (Å²) in [5, 5.41) is 17.6. The number of hydrogen-bond donors (Lipinski definition) is 2. The van der Waals surface area contributed by atoms with Gasteiger partial charge in [0.25, 0.3) is 0 Å². The second-order valence-corrected chi connectivity index (χ2v) is 8.61. The third-order valence-electron chi connectivity index (χ3n) is 6.54. The topological polar surface area (TPSA) is 127 Å². The van der Waals surface area contributed by atoms with E-state index < -0.39 is 59.8 Å². The van der Waals surface area contributed by atoms with E-state index >= 15 is 0 Å². The highest BCUT2D eigenvalue weighted by Gasteiger charge is 2.79. The first-order valence-electron chi connectivity index (χ1n) is 9.52. The molecular formula is C18H18F6O8. The van der Waals surface area contributed by atoms with E-state index in [4.69, 9.17) is 9.84 Å². The number of hydrogen-bond acceptors (Lipinski definition) is 6. The maximum Gasteiger partial charge on any atom is 0.411 e. The Labute approximate surface area is 175 Å². The van der Waals surface area contributed by atoms with Crippen molar-refractivity contribution in [3.05, 3.63) is 0 Å². The Morgan fingerprint density at radius 3 is 1.88 bits per heavy atom. The van der Waals surface area contributed by atoms with Crippen molar-refractivity contribution >= 4 is 23.9 Å². The van der Waals surface area contributed by atoms with E-state index in [0.717, 1.165) is 0 Å². The van der Waals surface area contributed by atoms with Gasteiger partial charge in [-0.3, -0.25) is 4.79 Å². The lowest BCUT2D eigenvalue weighted by atomic mass is 9.48. The van der Waals surface area contributed by atoms with Crippen molar-refractivity contribution in [1.82, 2.24) is 0 Å². The van der Waals surface area contributed by atoms with Crippen LogP contribution >= 0.6 is 0 Å². The highest BCUT2D eigenvalue weighted by molar-refractivity contribution is 5.85. The van der Waals surface area contributed by atoms with Gasteiger partial charge in [-0.25, -0.2) is 14.4 Å². The SMILES string of the molecule is O=C(COC(=O)C(F)(F)C(F)(F)C(F)(F)C(=O)O)OC1C2CC3CC1CC(C(=O)O)(C3)C2. The minimum absolute atomic E-state index is 0.119. The van der Waals surface area contributed by atoms with Gasteiger partial charge in [0.05, 0.1) is 5.41 Å². The summed E-state index contributed by atoms with van der Waals surface area (Å²) in [7, 11) is 0. The van der Waals surface area contributed by atoms with Crippen LogP contribution in [0.15, 0.2) is 0 Å². The van der Waals surface area contributed by atoms with Crippen molar-refractivity contribution in [2.45, 2.75) is 56.0 Å². The lowest BCUT2D eigenvalue weighted by Gasteiger charge is -2.57. The van der Waals surface area contributed by atoms with Crippen LogP contribution in [0.25, 0.3) is 0 Å². The van der Waals surface area contributed by atoms with Gasteiger partial charge in [0.2, 0.25) is 0 Å². The summed E-state index contributed by atoms with van der Waals surface area (Å²) >= 11 is 0. The number of carboxylic acid groups (broad SMARTS) is 2. The number of rotatable bonds is 8. The Morgan fingerprint density at radius 2 is 1.41 bits per heavy atom. The van der Waals surface area contributed by atoms with E-state index in [-0.39, 0.29) is 30.6 Å². The van der Waals surface area contributed by atoms with Crippen LogP contribution in [0.4, 0.5) is 26.3 Å². The number of carbonyl (C=O) groups excluding carboxylic acids is 2. The number of halogens is 6. The summed E-state index contributed by atoms with van der Waals surface area (Å²) in [5.41, 5.74) is -0.936. The van der Waals surface area contributed by atoms with Gasteiger partial charge in [-0.05, 0) is 49.9 Å². The molecule has 2 N–H and O–H groups in total. The van der Waals surface area contributed by atoms with Crippen LogP contribution in [0.2, 0.25) is 0 Å². The standard InChI is InChI=1S/C18H18F6O8/c19-16(20,13(28)29)18(23,24)17(21,22)14(30)31-6-10(25)32-11-8-1-7-2-9(11)5-15(3-7,4-8)12(26)27/h7-9,11H,1-6H2,(H,26,27)(H,28,29). The first kappa shape index (κ1) is 24.1. The Bertz CT molecular complexity index is 827. The molecule has 2 atom stereocenters. The average molecular weight is 476 g/mol. The Morgan fingerprint density at radius 1 is 0.875 bits per heavy atom. The lowest BCUT2D eigenvalue weighted by molar-refractivity contribution is -0.299. The molecule has 0 aromatic heterocycles. The molecule has 32 heavy (non-hydrogen) atoms. The zero-order valence-electron chi connectivity index (χ0n) is 16.2. The second kappa shape index (κ2) is 7.51. The van der Waals surface area contributed by atoms with Crippen molar-refractivity contribution in [2.24, 2.45) is 23.2 Å². The molecule has 14 heteroatoms. The van der Waals surface area contributed by atoms with E-state index in [1.54, 1.807) is 0 Å². The minimum Gasteiger partial charge on any atom is -0.481 e. The largest absolute Gasteiger partial charge is 0.481 e. The van der Waals surface area contributed by atoms with Crippen LogP contribution in [0, 0.1) is 23.2 Å². The number of aliphatic carboxylic acids is 2. The summed E-state index contributed by atoms with van der Waals surface area (Å²) < 4.78 is 88.5. The Hall–Kier alpha value is -2.54. The normalized spacial score (nSPS) is 31.8. The van der Waals surface area contributed by atoms with Crippen molar-refractivity contribution in [3.8, 4) is 0 Å². The summed E-state index contributed by atoms with van der Waals surface area (Å²) in [6, 6.07) is 0. The molecule has 0 saturated heterocycles. The van der Waals surface area contributed by atoms with Gasteiger partial charge in [0.15, 0.2) is 6.61 Å². The van der Waals surface area contributed by atoms with Gasteiger partial charge in [-0.2, -0.15) is 26.3 Å². The summed E-state index contributed by atoms with van der Waals surface area (Å²) in [4.78, 5) is 45.1. The van der Waals surface area contributed by atoms with Crippen LogP contribution in [0.5, 0.6) is 0 Å². The third-order valence-corrected chi connectivity index (χ3v) is 6.54. The van der Waals surface area contributed by atoms with Gasteiger partial charge >= 0.3 is 41.6 Å². The predicted octanol–water partition coefficient (Wildman–Crippen LogP) is 2.34. The maximum atomic E-state index is 13.5. The molecule has 0 radical (unpaired) electrons. The summed E-state index contributed by atoms with van der Waals surface area (Å²) in [6.07, 6.45) is 1.29. The lowest BCUT2D eigenvalue weighted by Crippen LogP contribution is -2.61. The molecule has 180 valence electrons. The van der Waals surface area contributed by atoms with E-state index in [0.29, 0.717) is 19.3 Å². The van der Waals surface area contributed by atoms with E-state index in [9.17, 15) is 50.6 Å². The molecule has 0 heterocycles. The fourth-order valence-corrected chi connectivity index (χ4v) is 5.29. The zero-order valence-corrected chi connectivity index (χ0v) is 16.2. The predicted molar refractivity (Wildman–Crippen MR) is 86.9 cm³/mol. The van der Waals surface area contributed by atoms with Crippen molar-refractivity contribution in [3.63, 3.8) is 0 Å². The van der Waals surface area contributed by atoms with Gasteiger partial charge < -0.3 is 19.7 Å². The van der Waals surface area contributed by atoms with Crippen LogP contribution < -0.4 is 0 Å². The first-order chi connectivity index (χ1) is 14.5. The maximum absolute atomic E-state index is 13.5. The third kappa shape index (κ3) is 3.56. The number of carboxylic acids is 2. The molecule has 0 spiro atoms. The number of ether oxygens (including phenoxy) is 2. The molecule has 4 saturated carbocycles. The number of carbonyl (C=O) groups is 4. The molecule has 0 aromatic rings. The van der Waals surface area contributed by atoms with Crippen molar-refractivity contribution in [2.75, 3.05) is 6.61 Å². The summed E-state index contributed by atoms with van der Waals surface area (Å²) in [6.45, 7) is -1.60. The second-order valence-electron chi connectivity index (χ2n) is 8.61. The molecule has 4 bridgehead atoms. The van der Waals surface area contributed by atoms with Crippen LogP contribution in [0.1, 0.15) is 32.1 Å². The van der Waals surface area contributed by atoms with Gasteiger partial charge in [0.1, 0.15) is 6.10 Å². The Balaban J connectivity index is 1.60. The molecule has 2 unspecified atom stereocenters. The first-order valence-corrected chi connectivity index (χ1v) is 9.52. The molecule has 4 fully saturated rings. The average Bonchev–Trinajstić information content (AvgIpc) is 2.67. The van der Waals surface area contributed by atoms with E-state index in [1.807, 2.05) is 0 Å². The molecular weight excluding hydrogens is 458 g/mol. The monoisotopic (exact) mass is 476 g/mol. The van der Waals surface area contributed by atoms with Crippen LogP contribution in [0.3, 0.4) is 0 Å². The molecule has 4 rings (SSSR count). The number of alkyl halides is 6. The summed E-state index contributed by atoms with van der Waals surface area (Å²) in [5.74, 6) is -28.9. The quantitative estimate of drug-likeness (QED) is 0.404. The highest BCUT2D eigenvalue weighted by atomic mass is 19.3. The molecule has 0 aliphatic heterocycles. The number of esters is 2. The van der Waals surface area contributed by atoms with Gasteiger partial charge in [-0.1, -0.05) is 0 Å². The van der Waals surface area contributed by atoms with Gasteiger partial charge in [-0.15, -0.1) is 0 Å². The molecule has 4 aliphatic carbocycles.